The van der Waals surface area contributed by atoms with Crippen molar-refractivity contribution in [1.82, 2.24) is 0 Å². The van der Waals surface area contributed by atoms with Gasteiger partial charge in [0, 0.05) is 13.0 Å². The molecule has 0 atom stereocenters. The molecule has 4 fully saturated rings. The van der Waals surface area contributed by atoms with Crippen molar-refractivity contribution < 1.29 is 0 Å². The van der Waals surface area contributed by atoms with Crippen LogP contribution in [0.4, 0.5) is 0 Å². The van der Waals surface area contributed by atoms with Crippen molar-refractivity contribution in [1.29, 1.82) is 0 Å². The molecule has 0 aromatic heterocycles. The fourth-order valence-electron chi connectivity index (χ4n) is 4.09. The van der Waals surface area contributed by atoms with Gasteiger partial charge < -0.3 is 0 Å². The summed E-state index contributed by atoms with van der Waals surface area (Å²) in [6.07, 6.45) is 8.16. The second-order valence-electron chi connectivity index (χ2n) is 5.46. The minimum atomic E-state index is 0.444. The lowest BCUT2D eigenvalue weighted by Gasteiger charge is -2.61. The van der Waals surface area contributed by atoms with Gasteiger partial charge in [0.2, 0.25) is 0 Å². The van der Waals surface area contributed by atoms with Crippen molar-refractivity contribution in [2.75, 3.05) is 0 Å². The third-order valence-corrected chi connectivity index (χ3v) is 6.52. The Hall–Kier alpha value is 1.44. The molecule has 3 heteroatoms. The van der Waals surface area contributed by atoms with Crippen molar-refractivity contribution in [3.63, 3.8) is 0 Å². The number of halogens is 3. The third kappa shape index (κ3) is 1.48. The molecule has 4 aliphatic rings. The largest absolute Gasteiger partial charge is 0.0852 e. The molecule has 13 heavy (non-hydrogen) atoms. The van der Waals surface area contributed by atoms with E-state index in [1.54, 1.807) is 0 Å². The summed E-state index contributed by atoms with van der Waals surface area (Å²) in [7, 11) is 0. The van der Waals surface area contributed by atoms with Crippen molar-refractivity contribution in [3.05, 3.63) is 0 Å². The summed E-state index contributed by atoms with van der Waals surface area (Å²) in [6.45, 7) is 0. The Bertz CT molecular complexity index is 212. The van der Waals surface area contributed by atoms with Crippen LogP contribution in [-0.2, 0) is 0 Å². The normalized spacial score (nSPS) is 64.4. The van der Waals surface area contributed by atoms with Gasteiger partial charge in [-0.1, -0.05) is 47.8 Å². The third-order valence-electron chi connectivity index (χ3n) is 3.86. The van der Waals surface area contributed by atoms with Crippen LogP contribution >= 0.6 is 47.8 Å². The zero-order valence-corrected chi connectivity index (χ0v) is 12.2. The Balaban J connectivity index is 2.03. The number of rotatable bonds is 0. The van der Waals surface area contributed by atoms with Crippen molar-refractivity contribution >= 4 is 47.8 Å². The number of alkyl halides is 3. The Morgan fingerprint density at radius 3 is 1.23 bits per heavy atom. The zero-order valence-electron chi connectivity index (χ0n) is 7.45. The van der Waals surface area contributed by atoms with Gasteiger partial charge in [0.1, 0.15) is 0 Å². The molecular formula is C10H13Br3. The lowest BCUT2D eigenvalue weighted by molar-refractivity contribution is 0.0873. The van der Waals surface area contributed by atoms with Gasteiger partial charge in [-0.15, -0.1) is 0 Å². The lowest BCUT2D eigenvalue weighted by atomic mass is 9.56. The average molecular weight is 373 g/mol. The number of hydrogen-bond acceptors (Lipinski definition) is 0. The molecule has 0 aliphatic heterocycles. The first-order valence-electron chi connectivity index (χ1n) is 4.97. The molecule has 0 aromatic rings. The van der Waals surface area contributed by atoms with E-state index in [4.69, 9.17) is 0 Å². The van der Waals surface area contributed by atoms with E-state index < -0.39 is 0 Å². The minimum absolute atomic E-state index is 0.444. The highest BCUT2D eigenvalue weighted by Crippen LogP contribution is 2.67. The van der Waals surface area contributed by atoms with Gasteiger partial charge in [-0.2, -0.15) is 0 Å². The summed E-state index contributed by atoms with van der Waals surface area (Å²) in [5.74, 6) is 0.939. The van der Waals surface area contributed by atoms with E-state index in [0.29, 0.717) is 13.0 Å². The van der Waals surface area contributed by atoms with Crippen LogP contribution in [-0.4, -0.2) is 13.0 Å². The van der Waals surface area contributed by atoms with Crippen molar-refractivity contribution in [2.24, 2.45) is 5.92 Å². The van der Waals surface area contributed by atoms with Crippen LogP contribution in [0.5, 0.6) is 0 Å². The van der Waals surface area contributed by atoms with Crippen LogP contribution in [0.25, 0.3) is 0 Å². The topological polar surface area (TPSA) is 0 Å². The maximum Gasteiger partial charge on any atom is 0.0287 e. The van der Waals surface area contributed by atoms with Crippen LogP contribution in [0.2, 0.25) is 0 Å². The van der Waals surface area contributed by atoms with Gasteiger partial charge in [-0.3, -0.25) is 0 Å². The molecule has 0 nitrogen and oxygen atoms in total. The summed E-state index contributed by atoms with van der Waals surface area (Å²) in [4.78, 5) is 0. The highest BCUT2D eigenvalue weighted by atomic mass is 79.9. The molecule has 0 amide bonds. The van der Waals surface area contributed by atoms with E-state index in [-0.39, 0.29) is 0 Å². The molecule has 4 saturated carbocycles. The highest BCUT2D eigenvalue weighted by Gasteiger charge is 2.61. The van der Waals surface area contributed by atoms with E-state index in [0.717, 1.165) is 5.92 Å². The second-order valence-corrected chi connectivity index (χ2v) is 10.5. The summed E-state index contributed by atoms with van der Waals surface area (Å²) in [5, 5.41) is 0. The molecule has 4 bridgehead atoms. The van der Waals surface area contributed by atoms with Crippen LogP contribution in [0.15, 0.2) is 0 Å². The van der Waals surface area contributed by atoms with Gasteiger partial charge >= 0.3 is 0 Å². The molecule has 0 unspecified atom stereocenters. The molecule has 0 N–H and O–H groups in total. The second kappa shape index (κ2) is 2.57. The predicted octanol–water partition coefficient (Wildman–Crippen LogP) is 4.39. The fraction of sp³-hybridized carbons (Fsp3) is 1.00. The summed E-state index contributed by atoms with van der Waals surface area (Å²) < 4.78 is 1.33. The van der Waals surface area contributed by atoms with E-state index >= 15 is 0 Å². The summed E-state index contributed by atoms with van der Waals surface area (Å²) in [6, 6.07) is 0. The minimum Gasteiger partial charge on any atom is -0.0852 e. The van der Waals surface area contributed by atoms with Crippen LogP contribution < -0.4 is 0 Å². The molecule has 0 heterocycles. The maximum absolute atomic E-state index is 3.97. The van der Waals surface area contributed by atoms with Gasteiger partial charge in [-0.05, 0) is 44.4 Å². The quantitative estimate of drug-likeness (QED) is 0.553. The first-order valence-corrected chi connectivity index (χ1v) is 7.35. The average Bonchev–Trinajstić information content (AvgIpc) is 1.71. The molecule has 4 rings (SSSR count). The molecule has 0 radical (unpaired) electrons. The Morgan fingerprint density at radius 2 is 1.00 bits per heavy atom. The number of hydrogen-bond donors (Lipinski definition) is 0. The molecule has 0 spiro atoms. The van der Waals surface area contributed by atoms with E-state index in [1.807, 2.05) is 0 Å². The van der Waals surface area contributed by atoms with E-state index in [2.05, 4.69) is 47.8 Å². The lowest BCUT2D eigenvalue weighted by Crippen LogP contribution is -2.59. The molecule has 4 aliphatic carbocycles. The standard InChI is InChI=1S/C10H13Br3/c11-8-1-7-2-9(12,4-8)6-10(13,3-7)5-8/h7H,1-6H2. The monoisotopic (exact) mass is 370 g/mol. The van der Waals surface area contributed by atoms with Crippen LogP contribution in [0.3, 0.4) is 0 Å². The molecule has 0 saturated heterocycles. The maximum atomic E-state index is 3.97. The summed E-state index contributed by atoms with van der Waals surface area (Å²) in [5.41, 5.74) is 0. The van der Waals surface area contributed by atoms with Crippen molar-refractivity contribution in [2.45, 2.75) is 51.5 Å². The van der Waals surface area contributed by atoms with Crippen LogP contribution in [0.1, 0.15) is 38.5 Å². The first-order chi connectivity index (χ1) is 5.91. The smallest absolute Gasteiger partial charge is 0.0287 e. The van der Waals surface area contributed by atoms with Gasteiger partial charge in [0.25, 0.3) is 0 Å². The Kier molecular flexibility index (Phi) is 1.91. The van der Waals surface area contributed by atoms with Crippen LogP contribution in [0, 0.1) is 5.92 Å². The van der Waals surface area contributed by atoms with Gasteiger partial charge in [0.05, 0.1) is 0 Å². The molecular weight excluding hydrogens is 360 g/mol. The molecule has 0 aromatic carbocycles. The van der Waals surface area contributed by atoms with Gasteiger partial charge in [0.15, 0.2) is 0 Å². The first kappa shape index (κ1) is 9.65. The van der Waals surface area contributed by atoms with E-state index in [1.165, 1.54) is 38.5 Å². The SMILES string of the molecule is BrC12CC3CC(Br)(C1)CC(Br)(C3)C2. The molecule has 74 valence electrons. The summed E-state index contributed by atoms with van der Waals surface area (Å²) >= 11 is 11.9. The predicted molar refractivity (Wildman–Crippen MR) is 66.2 cm³/mol. The Labute approximate surface area is 105 Å². The van der Waals surface area contributed by atoms with Crippen molar-refractivity contribution in [3.8, 4) is 0 Å². The Morgan fingerprint density at radius 1 is 0.692 bits per heavy atom. The van der Waals surface area contributed by atoms with Gasteiger partial charge in [-0.25, -0.2) is 0 Å². The fourth-order valence-corrected chi connectivity index (χ4v) is 9.81. The van der Waals surface area contributed by atoms with E-state index in [9.17, 15) is 0 Å². The zero-order chi connectivity index (χ0) is 9.32. The highest BCUT2D eigenvalue weighted by molar-refractivity contribution is 9.11.